The number of hydrogen-bond donors (Lipinski definition) is 1. The van der Waals surface area contributed by atoms with Crippen molar-refractivity contribution in [3.8, 4) is 5.75 Å². The Morgan fingerprint density at radius 2 is 1.65 bits per heavy atom. The lowest BCUT2D eigenvalue weighted by Crippen LogP contribution is -2.44. The van der Waals surface area contributed by atoms with Crippen LogP contribution in [0.4, 0.5) is 0 Å². The number of carbonyl (C=O) groups is 2. The van der Waals surface area contributed by atoms with Crippen molar-refractivity contribution >= 4 is 22.1 Å². The molecule has 2 N–H and O–H groups in total. The van der Waals surface area contributed by atoms with Gasteiger partial charge in [-0.25, -0.2) is 0 Å². The smallest absolute Gasteiger partial charge is 0.339 e. The third-order valence-electron chi connectivity index (χ3n) is 4.03. The van der Waals surface area contributed by atoms with E-state index in [2.05, 4.69) is 0 Å². The van der Waals surface area contributed by atoms with Gasteiger partial charge in [0.05, 0.1) is 6.61 Å². The van der Waals surface area contributed by atoms with Gasteiger partial charge >= 0.3 is 22.1 Å². The minimum atomic E-state index is -4.09. The van der Waals surface area contributed by atoms with E-state index in [1.54, 1.807) is 45.9 Å². The van der Waals surface area contributed by atoms with Crippen LogP contribution in [0.5, 0.6) is 5.75 Å². The van der Waals surface area contributed by atoms with E-state index in [0.29, 0.717) is 0 Å². The first-order valence-electron chi connectivity index (χ1n) is 9.69. The second-order valence-electron chi connectivity index (χ2n) is 7.71. The van der Waals surface area contributed by atoms with E-state index in [1.165, 1.54) is 36.4 Å². The third kappa shape index (κ3) is 6.80. The van der Waals surface area contributed by atoms with Crippen molar-refractivity contribution in [2.45, 2.75) is 50.2 Å². The molecule has 0 heterocycles. The highest BCUT2D eigenvalue weighted by atomic mass is 32.2. The Morgan fingerprint density at radius 3 is 2.23 bits per heavy atom. The van der Waals surface area contributed by atoms with Gasteiger partial charge in [-0.1, -0.05) is 30.3 Å². The van der Waals surface area contributed by atoms with Gasteiger partial charge in [-0.05, 0) is 57.5 Å². The van der Waals surface area contributed by atoms with Crippen LogP contribution in [-0.2, 0) is 29.2 Å². The van der Waals surface area contributed by atoms with E-state index in [1.807, 2.05) is 0 Å². The second-order valence-corrected chi connectivity index (χ2v) is 9.26. The summed E-state index contributed by atoms with van der Waals surface area (Å²) in [5.74, 6) is -2.76. The molecule has 2 rings (SSSR count). The van der Waals surface area contributed by atoms with Crippen LogP contribution in [0.2, 0.25) is 0 Å². The first-order chi connectivity index (χ1) is 14.4. The summed E-state index contributed by atoms with van der Waals surface area (Å²) in [4.78, 5) is 25.1. The maximum absolute atomic E-state index is 12.6. The molecule has 0 aromatic heterocycles. The zero-order valence-electron chi connectivity index (χ0n) is 17.9. The van der Waals surface area contributed by atoms with E-state index in [9.17, 15) is 18.0 Å². The van der Waals surface area contributed by atoms with Gasteiger partial charge in [-0.3, -0.25) is 9.59 Å². The number of benzene rings is 2. The Kier molecular flexibility index (Phi) is 7.80. The summed E-state index contributed by atoms with van der Waals surface area (Å²) >= 11 is 0. The molecule has 0 fully saturated rings. The maximum Gasteiger partial charge on any atom is 0.339 e. The van der Waals surface area contributed by atoms with Crippen molar-refractivity contribution in [1.82, 2.24) is 0 Å². The van der Waals surface area contributed by atoms with Crippen molar-refractivity contribution in [2.75, 3.05) is 6.61 Å². The number of esters is 2. The molecule has 0 spiro atoms. The molecule has 0 bridgehead atoms. The van der Waals surface area contributed by atoms with Crippen LogP contribution < -0.4 is 9.92 Å². The highest BCUT2D eigenvalue weighted by Gasteiger charge is 2.36. The van der Waals surface area contributed by atoms with E-state index >= 15 is 0 Å². The standard InChI is InChI=1S/C22H27NO7S/c1-5-28-20(24)18(19(23)21(25)29-22(2,3)4)15-10-9-11-16(14-15)30-31(26,27)17-12-7-6-8-13-17/h6-14,18-19H,5,23H2,1-4H3. The molecule has 168 valence electrons. The largest absolute Gasteiger partial charge is 0.465 e. The molecule has 0 aliphatic heterocycles. The van der Waals surface area contributed by atoms with Gasteiger partial charge in [0.25, 0.3) is 0 Å². The molecule has 8 nitrogen and oxygen atoms in total. The topological polar surface area (TPSA) is 122 Å². The number of ether oxygens (including phenoxy) is 2. The van der Waals surface area contributed by atoms with Gasteiger partial charge in [-0.2, -0.15) is 8.42 Å². The molecule has 2 atom stereocenters. The first kappa shape index (κ1) is 24.4. The summed E-state index contributed by atoms with van der Waals surface area (Å²) < 4.78 is 40.6. The first-order valence-corrected chi connectivity index (χ1v) is 11.1. The second kappa shape index (κ2) is 9.93. The van der Waals surface area contributed by atoms with E-state index < -0.39 is 39.6 Å². The van der Waals surface area contributed by atoms with E-state index in [-0.39, 0.29) is 22.8 Å². The number of carbonyl (C=O) groups excluding carboxylic acids is 2. The summed E-state index contributed by atoms with van der Waals surface area (Å²) in [6.07, 6.45) is 0. The number of nitrogens with two attached hydrogens (primary N) is 1. The zero-order valence-corrected chi connectivity index (χ0v) is 18.7. The summed E-state index contributed by atoms with van der Waals surface area (Å²) in [6.45, 7) is 6.74. The fourth-order valence-electron chi connectivity index (χ4n) is 2.75. The molecule has 2 unspecified atom stereocenters. The SMILES string of the molecule is CCOC(=O)C(c1cccc(OS(=O)(=O)c2ccccc2)c1)C(N)C(=O)OC(C)(C)C. The molecule has 31 heavy (non-hydrogen) atoms. The Balaban J connectivity index is 2.37. The van der Waals surface area contributed by atoms with Gasteiger partial charge < -0.3 is 19.4 Å². The van der Waals surface area contributed by atoms with Crippen molar-refractivity contribution < 1.29 is 31.7 Å². The van der Waals surface area contributed by atoms with Gasteiger partial charge in [0.1, 0.15) is 28.2 Å². The summed E-state index contributed by atoms with van der Waals surface area (Å²) in [7, 11) is -4.09. The van der Waals surface area contributed by atoms with Crippen LogP contribution in [0.15, 0.2) is 59.5 Å². The van der Waals surface area contributed by atoms with Crippen LogP contribution >= 0.6 is 0 Å². The third-order valence-corrected chi connectivity index (χ3v) is 5.29. The van der Waals surface area contributed by atoms with Crippen LogP contribution in [-0.4, -0.2) is 38.6 Å². The van der Waals surface area contributed by atoms with E-state index in [4.69, 9.17) is 19.4 Å². The summed E-state index contributed by atoms with van der Waals surface area (Å²) in [5, 5.41) is 0. The fraction of sp³-hybridized carbons (Fsp3) is 0.364. The van der Waals surface area contributed by atoms with Gasteiger partial charge in [0.15, 0.2) is 0 Å². The minimum absolute atomic E-state index is 0.0206. The number of hydrogen-bond acceptors (Lipinski definition) is 8. The van der Waals surface area contributed by atoms with Gasteiger partial charge in [0.2, 0.25) is 0 Å². The van der Waals surface area contributed by atoms with E-state index in [0.717, 1.165) is 0 Å². The average Bonchev–Trinajstić information content (AvgIpc) is 2.67. The monoisotopic (exact) mass is 449 g/mol. The fourth-order valence-corrected chi connectivity index (χ4v) is 3.69. The predicted molar refractivity (Wildman–Crippen MR) is 114 cm³/mol. The van der Waals surface area contributed by atoms with Crippen LogP contribution in [0.25, 0.3) is 0 Å². The molecule has 0 radical (unpaired) electrons. The van der Waals surface area contributed by atoms with Crippen molar-refractivity contribution in [1.29, 1.82) is 0 Å². The lowest BCUT2D eigenvalue weighted by molar-refractivity contribution is -0.161. The molecule has 0 aliphatic rings. The summed E-state index contributed by atoms with van der Waals surface area (Å²) in [5.41, 5.74) is 5.52. The molecular weight excluding hydrogens is 422 g/mol. The lowest BCUT2D eigenvalue weighted by Gasteiger charge is -2.26. The van der Waals surface area contributed by atoms with Gasteiger partial charge in [0, 0.05) is 0 Å². The van der Waals surface area contributed by atoms with Crippen LogP contribution in [0, 0.1) is 0 Å². The molecule has 0 amide bonds. The van der Waals surface area contributed by atoms with Crippen LogP contribution in [0.1, 0.15) is 39.2 Å². The Labute approximate surface area is 182 Å². The molecule has 0 saturated heterocycles. The molecular formula is C22H27NO7S. The molecule has 2 aromatic carbocycles. The molecule has 2 aromatic rings. The van der Waals surface area contributed by atoms with Crippen molar-refractivity contribution in [2.24, 2.45) is 5.73 Å². The summed E-state index contributed by atoms with van der Waals surface area (Å²) in [6, 6.07) is 12.1. The Hall–Kier alpha value is -2.91. The maximum atomic E-state index is 12.6. The lowest BCUT2D eigenvalue weighted by atomic mass is 9.91. The highest BCUT2D eigenvalue weighted by molar-refractivity contribution is 7.87. The number of rotatable bonds is 8. The molecule has 0 aliphatic carbocycles. The van der Waals surface area contributed by atoms with Crippen molar-refractivity contribution in [3.05, 3.63) is 60.2 Å². The van der Waals surface area contributed by atoms with Crippen LogP contribution in [0.3, 0.4) is 0 Å². The Morgan fingerprint density at radius 1 is 1.00 bits per heavy atom. The average molecular weight is 450 g/mol. The van der Waals surface area contributed by atoms with Crippen molar-refractivity contribution in [3.63, 3.8) is 0 Å². The Bertz CT molecular complexity index is 1010. The zero-order chi connectivity index (χ0) is 23.2. The molecule has 9 heteroatoms. The normalized spacial score (nSPS) is 13.7. The quantitative estimate of drug-likeness (QED) is 0.482. The highest BCUT2D eigenvalue weighted by Crippen LogP contribution is 2.28. The minimum Gasteiger partial charge on any atom is -0.465 e. The van der Waals surface area contributed by atoms with Gasteiger partial charge in [-0.15, -0.1) is 0 Å². The molecule has 0 saturated carbocycles. The predicted octanol–water partition coefficient (Wildman–Crippen LogP) is 2.77.